The first-order chi connectivity index (χ1) is 7.18. The SMILES string of the molecule is O=[N+]([O-])c1cc(Cl)ccc1-c1ccsc1. The van der Waals surface area contributed by atoms with Crippen molar-refractivity contribution in [2.24, 2.45) is 0 Å². The number of nitro benzene ring substituents is 1. The molecular weight excluding hydrogens is 234 g/mol. The molecule has 1 aromatic heterocycles. The number of halogens is 1. The maximum Gasteiger partial charge on any atom is 0.278 e. The summed E-state index contributed by atoms with van der Waals surface area (Å²) < 4.78 is 0. The van der Waals surface area contributed by atoms with Gasteiger partial charge in [0.2, 0.25) is 0 Å². The molecule has 0 aliphatic carbocycles. The van der Waals surface area contributed by atoms with Gasteiger partial charge < -0.3 is 0 Å². The number of nitrogens with zero attached hydrogens (tertiary/aromatic N) is 1. The second kappa shape index (κ2) is 4.00. The molecule has 0 fully saturated rings. The van der Waals surface area contributed by atoms with Crippen LogP contribution in [0, 0.1) is 10.1 Å². The van der Waals surface area contributed by atoms with Gasteiger partial charge in [0.1, 0.15) is 0 Å². The summed E-state index contributed by atoms with van der Waals surface area (Å²) in [6.07, 6.45) is 0. The number of benzene rings is 1. The summed E-state index contributed by atoms with van der Waals surface area (Å²) in [4.78, 5) is 10.4. The minimum absolute atomic E-state index is 0.0425. The monoisotopic (exact) mass is 239 g/mol. The van der Waals surface area contributed by atoms with Gasteiger partial charge in [-0.2, -0.15) is 11.3 Å². The van der Waals surface area contributed by atoms with Gasteiger partial charge in [0.15, 0.2) is 0 Å². The van der Waals surface area contributed by atoms with E-state index in [0.29, 0.717) is 10.6 Å². The van der Waals surface area contributed by atoms with E-state index in [4.69, 9.17) is 11.6 Å². The van der Waals surface area contributed by atoms with E-state index in [0.717, 1.165) is 5.56 Å². The standard InChI is InChI=1S/C10H6ClNO2S/c11-8-1-2-9(7-3-4-15-6-7)10(5-8)12(13)14/h1-6H. The van der Waals surface area contributed by atoms with Gasteiger partial charge in [0, 0.05) is 11.1 Å². The van der Waals surface area contributed by atoms with E-state index in [1.54, 1.807) is 12.1 Å². The maximum atomic E-state index is 10.8. The summed E-state index contributed by atoms with van der Waals surface area (Å²) in [5.74, 6) is 0. The van der Waals surface area contributed by atoms with Crippen molar-refractivity contribution in [1.29, 1.82) is 0 Å². The molecule has 0 bridgehead atoms. The molecule has 1 heterocycles. The predicted octanol–water partition coefficient (Wildman–Crippen LogP) is 3.98. The van der Waals surface area contributed by atoms with E-state index in [2.05, 4.69) is 0 Å². The van der Waals surface area contributed by atoms with Gasteiger partial charge in [-0.25, -0.2) is 0 Å². The minimum atomic E-state index is -0.418. The summed E-state index contributed by atoms with van der Waals surface area (Å²) in [6, 6.07) is 6.54. The molecule has 76 valence electrons. The lowest BCUT2D eigenvalue weighted by Gasteiger charge is -2.00. The van der Waals surface area contributed by atoms with Crippen molar-refractivity contribution in [3.63, 3.8) is 0 Å². The number of nitro groups is 1. The summed E-state index contributed by atoms with van der Waals surface area (Å²) in [5, 5.41) is 14.9. The van der Waals surface area contributed by atoms with E-state index >= 15 is 0 Å². The van der Waals surface area contributed by atoms with Crippen molar-refractivity contribution < 1.29 is 4.92 Å². The average Bonchev–Trinajstić information content (AvgIpc) is 2.70. The van der Waals surface area contributed by atoms with Crippen LogP contribution >= 0.6 is 22.9 Å². The Morgan fingerprint density at radius 1 is 1.33 bits per heavy atom. The first-order valence-corrected chi connectivity index (χ1v) is 5.47. The fraction of sp³-hybridized carbons (Fsp3) is 0. The molecule has 2 aromatic rings. The Morgan fingerprint density at radius 3 is 2.73 bits per heavy atom. The van der Waals surface area contributed by atoms with Gasteiger partial charge >= 0.3 is 0 Å². The summed E-state index contributed by atoms with van der Waals surface area (Å²) in [6.45, 7) is 0. The van der Waals surface area contributed by atoms with E-state index in [-0.39, 0.29) is 5.69 Å². The van der Waals surface area contributed by atoms with E-state index in [1.165, 1.54) is 17.4 Å². The molecule has 0 spiro atoms. The Hall–Kier alpha value is -1.39. The van der Waals surface area contributed by atoms with Crippen LogP contribution in [0.4, 0.5) is 5.69 Å². The first-order valence-electron chi connectivity index (χ1n) is 4.15. The molecule has 3 nitrogen and oxygen atoms in total. The fourth-order valence-electron chi connectivity index (χ4n) is 1.32. The minimum Gasteiger partial charge on any atom is -0.258 e. The molecule has 15 heavy (non-hydrogen) atoms. The Balaban J connectivity index is 2.61. The van der Waals surface area contributed by atoms with Gasteiger partial charge in [0.25, 0.3) is 5.69 Å². The summed E-state index contributed by atoms with van der Waals surface area (Å²) in [5.41, 5.74) is 1.50. The number of hydrogen-bond acceptors (Lipinski definition) is 3. The first kappa shape index (κ1) is 10.1. The molecule has 0 radical (unpaired) electrons. The molecule has 2 rings (SSSR count). The van der Waals surface area contributed by atoms with Crippen LogP contribution in [0.15, 0.2) is 35.0 Å². The number of thiophene rings is 1. The number of rotatable bonds is 2. The lowest BCUT2D eigenvalue weighted by atomic mass is 10.1. The van der Waals surface area contributed by atoms with Crippen molar-refractivity contribution >= 4 is 28.6 Å². The van der Waals surface area contributed by atoms with Crippen LogP contribution in [0.5, 0.6) is 0 Å². The third kappa shape index (κ3) is 2.00. The molecule has 0 N–H and O–H groups in total. The van der Waals surface area contributed by atoms with Crippen molar-refractivity contribution in [3.05, 3.63) is 50.2 Å². The van der Waals surface area contributed by atoms with Crippen LogP contribution in [-0.4, -0.2) is 4.92 Å². The van der Waals surface area contributed by atoms with Crippen molar-refractivity contribution in [1.82, 2.24) is 0 Å². The van der Waals surface area contributed by atoms with Crippen molar-refractivity contribution in [2.75, 3.05) is 0 Å². The van der Waals surface area contributed by atoms with Crippen LogP contribution in [0.1, 0.15) is 0 Å². The molecule has 0 aliphatic heterocycles. The second-order valence-corrected chi connectivity index (χ2v) is 4.15. The third-order valence-electron chi connectivity index (χ3n) is 1.99. The molecule has 0 atom stereocenters. The van der Waals surface area contributed by atoms with Crippen LogP contribution < -0.4 is 0 Å². The van der Waals surface area contributed by atoms with Gasteiger partial charge in [-0.05, 0) is 34.5 Å². The van der Waals surface area contributed by atoms with Gasteiger partial charge in [-0.15, -0.1) is 0 Å². The van der Waals surface area contributed by atoms with E-state index < -0.39 is 4.92 Å². The Kier molecular flexibility index (Phi) is 2.70. The van der Waals surface area contributed by atoms with Crippen LogP contribution in [0.3, 0.4) is 0 Å². The Labute approximate surface area is 95.1 Å². The second-order valence-electron chi connectivity index (χ2n) is 2.93. The molecular formula is C10H6ClNO2S. The van der Waals surface area contributed by atoms with E-state index in [9.17, 15) is 10.1 Å². The molecule has 0 saturated heterocycles. The summed E-state index contributed by atoms with van der Waals surface area (Å²) in [7, 11) is 0. The zero-order valence-corrected chi connectivity index (χ0v) is 9.09. The number of hydrogen-bond donors (Lipinski definition) is 0. The largest absolute Gasteiger partial charge is 0.278 e. The van der Waals surface area contributed by atoms with Crippen molar-refractivity contribution in [3.8, 4) is 11.1 Å². The Morgan fingerprint density at radius 2 is 2.13 bits per heavy atom. The van der Waals surface area contributed by atoms with Gasteiger partial charge in [-0.3, -0.25) is 10.1 Å². The highest BCUT2D eigenvalue weighted by Gasteiger charge is 2.15. The lowest BCUT2D eigenvalue weighted by molar-refractivity contribution is -0.384. The lowest BCUT2D eigenvalue weighted by Crippen LogP contribution is -1.90. The molecule has 1 aromatic carbocycles. The molecule has 0 saturated carbocycles. The maximum absolute atomic E-state index is 10.8. The normalized spacial score (nSPS) is 10.2. The zero-order chi connectivity index (χ0) is 10.8. The Bertz CT molecular complexity index is 496. The topological polar surface area (TPSA) is 43.1 Å². The quantitative estimate of drug-likeness (QED) is 0.588. The molecule has 0 aliphatic rings. The smallest absolute Gasteiger partial charge is 0.258 e. The molecule has 5 heteroatoms. The van der Waals surface area contributed by atoms with Crippen molar-refractivity contribution in [2.45, 2.75) is 0 Å². The molecule has 0 amide bonds. The van der Waals surface area contributed by atoms with Gasteiger partial charge in [-0.1, -0.05) is 11.6 Å². The highest BCUT2D eigenvalue weighted by atomic mass is 35.5. The fourth-order valence-corrected chi connectivity index (χ4v) is 2.14. The average molecular weight is 240 g/mol. The zero-order valence-electron chi connectivity index (χ0n) is 7.51. The summed E-state index contributed by atoms with van der Waals surface area (Å²) >= 11 is 7.22. The van der Waals surface area contributed by atoms with Gasteiger partial charge in [0.05, 0.1) is 10.5 Å². The molecule has 0 unspecified atom stereocenters. The van der Waals surface area contributed by atoms with Crippen LogP contribution in [-0.2, 0) is 0 Å². The van der Waals surface area contributed by atoms with Crippen LogP contribution in [0.2, 0.25) is 5.02 Å². The predicted molar refractivity (Wildman–Crippen MR) is 61.4 cm³/mol. The third-order valence-corrected chi connectivity index (χ3v) is 2.91. The van der Waals surface area contributed by atoms with Crippen LogP contribution in [0.25, 0.3) is 11.1 Å². The van der Waals surface area contributed by atoms with E-state index in [1.807, 2.05) is 16.8 Å². The highest BCUT2D eigenvalue weighted by molar-refractivity contribution is 7.08. The highest BCUT2D eigenvalue weighted by Crippen LogP contribution is 2.33.